The van der Waals surface area contributed by atoms with Crippen LogP contribution in [-0.2, 0) is 10.2 Å². The van der Waals surface area contributed by atoms with E-state index in [0.29, 0.717) is 6.04 Å². The fourth-order valence-electron chi connectivity index (χ4n) is 5.68. The number of likely N-dealkylation sites (N-methyl/N-ethyl adjacent to an activating group) is 1. The predicted octanol–water partition coefficient (Wildman–Crippen LogP) is 5.26. The summed E-state index contributed by atoms with van der Waals surface area (Å²) in [5, 5.41) is 13.3. The molecule has 1 aliphatic heterocycles. The average Bonchev–Trinajstić information content (AvgIpc) is 3.52. The Labute approximate surface area is 233 Å². The standard InChI is InChI=1S/C25H30N4O3S.C2HF3O2/c1-29-11-10-25(16-4-7-20(31-2)21(12-16)32-3)9-8-18(14-23(25)29)28-24(30)27-17-5-6-19-22(13-17)33-15-26-19;3-2(4,5)1(6)7/h4-7,12-13,15,18,23H,8-11,14H2,1-3H3,(H2,27,28,30);(H,6,7). The summed E-state index contributed by atoms with van der Waals surface area (Å²) in [6, 6.07) is 12.5. The van der Waals surface area contributed by atoms with Crippen molar-refractivity contribution in [1.29, 1.82) is 0 Å². The summed E-state index contributed by atoms with van der Waals surface area (Å²) in [6.45, 7) is 1.05. The SMILES string of the molecule is COc1ccc(C23CCC(NC(=O)Nc4ccc5ncsc5c4)CC2N(C)CC3)cc1OC.O=C(O)C(F)(F)F. The molecule has 1 saturated carbocycles. The summed E-state index contributed by atoms with van der Waals surface area (Å²) in [5.74, 6) is -1.23. The van der Waals surface area contributed by atoms with E-state index in [1.165, 1.54) is 5.56 Å². The van der Waals surface area contributed by atoms with Crippen molar-refractivity contribution in [2.45, 2.75) is 49.4 Å². The highest BCUT2D eigenvalue weighted by atomic mass is 32.1. The van der Waals surface area contributed by atoms with Crippen LogP contribution >= 0.6 is 11.3 Å². The number of hydrogen-bond acceptors (Lipinski definition) is 7. The number of amides is 2. The van der Waals surface area contributed by atoms with E-state index >= 15 is 0 Å². The molecule has 1 saturated heterocycles. The molecule has 1 aromatic heterocycles. The molecule has 0 radical (unpaired) electrons. The molecule has 9 nitrogen and oxygen atoms in total. The molecule has 13 heteroatoms. The number of urea groups is 1. The van der Waals surface area contributed by atoms with E-state index in [2.05, 4.69) is 39.7 Å². The van der Waals surface area contributed by atoms with Crippen LogP contribution in [0.15, 0.2) is 41.9 Å². The monoisotopic (exact) mass is 580 g/mol. The molecule has 2 aromatic carbocycles. The number of carbonyl (C=O) groups is 2. The number of hydrogen-bond donors (Lipinski definition) is 3. The van der Waals surface area contributed by atoms with Gasteiger partial charge in [-0.05, 0) is 75.2 Å². The number of aliphatic carboxylic acids is 1. The van der Waals surface area contributed by atoms with E-state index in [0.717, 1.165) is 59.6 Å². The molecular formula is C27H31F3N4O5S. The first-order valence-electron chi connectivity index (χ1n) is 12.6. The lowest BCUT2D eigenvalue weighted by Crippen LogP contribution is -2.52. The highest BCUT2D eigenvalue weighted by Crippen LogP contribution is 2.49. The highest BCUT2D eigenvalue weighted by molar-refractivity contribution is 7.16. The molecule has 1 aliphatic carbocycles. The van der Waals surface area contributed by atoms with Gasteiger partial charge in [0.05, 0.1) is 29.9 Å². The number of halogens is 3. The summed E-state index contributed by atoms with van der Waals surface area (Å²) >= 11 is 1.57. The molecule has 3 aromatic rings. The Morgan fingerprint density at radius 1 is 1.12 bits per heavy atom. The number of aromatic nitrogens is 1. The van der Waals surface area contributed by atoms with Crippen molar-refractivity contribution in [2.24, 2.45) is 0 Å². The van der Waals surface area contributed by atoms with Crippen molar-refractivity contribution >= 4 is 39.2 Å². The third-order valence-electron chi connectivity index (χ3n) is 7.65. The second-order valence-corrected chi connectivity index (χ2v) is 10.8. The van der Waals surface area contributed by atoms with Gasteiger partial charge >= 0.3 is 18.2 Å². The zero-order chi connectivity index (χ0) is 29.1. The van der Waals surface area contributed by atoms with Gasteiger partial charge in [0.1, 0.15) is 0 Å². The molecule has 216 valence electrons. The van der Waals surface area contributed by atoms with Gasteiger partial charge in [-0.1, -0.05) is 6.07 Å². The Balaban J connectivity index is 0.000000470. The number of nitrogens with one attached hydrogen (secondary N) is 2. The number of alkyl halides is 3. The second kappa shape index (κ2) is 11.9. The summed E-state index contributed by atoms with van der Waals surface area (Å²) in [4.78, 5) is 28.4. The van der Waals surface area contributed by atoms with Crippen molar-refractivity contribution < 1.29 is 37.3 Å². The van der Waals surface area contributed by atoms with Gasteiger partial charge in [-0.15, -0.1) is 11.3 Å². The minimum Gasteiger partial charge on any atom is -0.493 e. The average molecular weight is 581 g/mol. The minimum atomic E-state index is -5.08. The number of carbonyl (C=O) groups excluding carboxylic acids is 1. The number of methoxy groups -OCH3 is 2. The van der Waals surface area contributed by atoms with Gasteiger partial charge in [0.2, 0.25) is 0 Å². The molecule has 2 aliphatic rings. The fourth-order valence-corrected chi connectivity index (χ4v) is 6.40. The second-order valence-electron chi connectivity index (χ2n) is 9.88. The number of rotatable bonds is 5. The van der Waals surface area contributed by atoms with Gasteiger partial charge in [-0.2, -0.15) is 13.2 Å². The zero-order valence-corrected chi connectivity index (χ0v) is 23.1. The first kappa shape index (κ1) is 29.4. The molecule has 2 fully saturated rings. The number of nitrogens with zero attached hydrogens (tertiary/aromatic N) is 2. The van der Waals surface area contributed by atoms with Crippen molar-refractivity contribution in [2.75, 3.05) is 33.1 Å². The number of carboxylic acid groups (broad SMARTS) is 1. The van der Waals surface area contributed by atoms with Crippen LogP contribution in [0.4, 0.5) is 23.7 Å². The smallest absolute Gasteiger partial charge is 0.490 e. The summed E-state index contributed by atoms with van der Waals surface area (Å²) in [5.41, 5.74) is 4.93. The van der Waals surface area contributed by atoms with E-state index in [9.17, 15) is 18.0 Å². The third kappa shape index (κ3) is 6.25. The van der Waals surface area contributed by atoms with Crippen LogP contribution in [0.2, 0.25) is 0 Å². The van der Waals surface area contributed by atoms with Crippen LogP contribution in [-0.4, -0.2) is 73.1 Å². The Kier molecular flexibility index (Phi) is 8.74. The number of fused-ring (bicyclic) bond motifs is 2. The summed E-state index contributed by atoms with van der Waals surface area (Å²) < 4.78 is 43.8. The van der Waals surface area contributed by atoms with Crippen molar-refractivity contribution in [3.63, 3.8) is 0 Å². The molecule has 5 rings (SSSR count). The van der Waals surface area contributed by atoms with Crippen LogP contribution < -0.4 is 20.1 Å². The van der Waals surface area contributed by atoms with Crippen LogP contribution in [0.25, 0.3) is 10.2 Å². The number of ether oxygens (including phenoxy) is 2. The molecule has 0 spiro atoms. The van der Waals surface area contributed by atoms with Gasteiger partial charge in [0, 0.05) is 23.2 Å². The number of carboxylic acids is 1. The molecule has 3 atom stereocenters. The normalized spacial score (nSPS) is 22.6. The molecule has 0 bridgehead atoms. The van der Waals surface area contributed by atoms with Gasteiger partial charge in [0.15, 0.2) is 11.5 Å². The largest absolute Gasteiger partial charge is 0.493 e. The maximum Gasteiger partial charge on any atom is 0.490 e. The maximum atomic E-state index is 12.8. The lowest BCUT2D eigenvalue weighted by atomic mass is 9.65. The quantitative estimate of drug-likeness (QED) is 0.377. The van der Waals surface area contributed by atoms with E-state index in [4.69, 9.17) is 19.4 Å². The van der Waals surface area contributed by atoms with Gasteiger partial charge in [-0.3, -0.25) is 0 Å². The Morgan fingerprint density at radius 2 is 1.85 bits per heavy atom. The Bertz CT molecular complexity index is 1370. The van der Waals surface area contributed by atoms with Gasteiger partial charge < -0.3 is 30.1 Å². The minimum absolute atomic E-state index is 0.0696. The molecular weight excluding hydrogens is 549 g/mol. The first-order chi connectivity index (χ1) is 19.0. The van der Waals surface area contributed by atoms with Gasteiger partial charge in [-0.25, -0.2) is 14.6 Å². The zero-order valence-electron chi connectivity index (χ0n) is 22.2. The number of thiazole rings is 1. The molecule has 3 N–H and O–H groups in total. The van der Waals surface area contributed by atoms with Crippen LogP contribution in [0.3, 0.4) is 0 Å². The van der Waals surface area contributed by atoms with E-state index < -0.39 is 12.1 Å². The molecule has 2 heterocycles. The number of benzene rings is 2. The van der Waals surface area contributed by atoms with Crippen LogP contribution in [0.1, 0.15) is 31.2 Å². The lowest BCUT2D eigenvalue weighted by Gasteiger charge is -2.45. The van der Waals surface area contributed by atoms with Crippen molar-refractivity contribution in [3.05, 3.63) is 47.5 Å². The molecule has 3 unspecified atom stereocenters. The van der Waals surface area contributed by atoms with Crippen molar-refractivity contribution in [1.82, 2.24) is 15.2 Å². The first-order valence-corrected chi connectivity index (χ1v) is 13.5. The van der Waals surface area contributed by atoms with Crippen molar-refractivity contribution in [3.8, 4) is 11.5 Å². The molecule has 40 heavy (non-hydrogen) atoms. The van der Waals surface area contributed by atoms with E-state index in [-0.39, 0.29) is 17.5 Å². The van der Waals surface area contributed by atoms with E-state index in [1.54, 1.807) is 25.6 Å². The van der Waals surface area contributed by atoms with Crippen LogP contribution in [0.5, 0.6) is 11.5 Å². The summed E-state index contributed by atoms with van der Waals surface area (Å²) in [7, 11) is 5.54. The van der Waals surface area contributed by atoms with E-state index in [1.807, 2.05) is 29.8 Å². The maximum absolute atomic E-state index is 12.8. The summed E-state index contributed by atoms with van der Waals surface area (Å²) in [6.07, 6.45) is -1.08. The molecule has 2 amide bonds. The fraction of sp³-hybridized carbons (Fsp3) is 0.444. The highest BCUT2D eigenvalue weighted by Gasteiger charge is 2.50. The third-order valence-corrected chi connectivity index (χ3v) is 8.44. The number of likely N-dealkylation sites (tertiary alicyclic amines) is 1. The predicted molar refractivity (Wildman–Crippen MR) is 145 cm³/mol. The Hall–Kier alpha value is -3.58. The lowest BCUT2D eigenvalue weighted by molar-refractivity contribution is -0.192. The number of anilines is 1. The van der Waals surface area contributed by atoms with Crippen LogP contribution in [0, 0.1) is 0 Å². The van der Waals surface area contributed by atoms with Gasteiger partial charge in [0.25, 0.3) is 0 Å². The topological polar surface area (TPSA) is 113 Å². The Morgan fingerprint density at radius 3 is 2.52 bits per heavy atom.